The molecule has 0 aromatic heterocycles. The summed E-state index contributed by atoms with van der Waals surface area (Å²) in [5.74, 6) is -0.600. The molecule has 0 atom stereocenters. The van der Waals surface area contributed by atoms with Gasteiger partial charge in [0.25, 0.3) is 0 Å². The predicted octanol–water partition coefficient (Wildman–Crippen LogP) is 1.44. The molecule has 1 aromatic rings. The summed E-state index contributed by atoms with van der Waals surface area (Å²) in [7, 11) is -3.85. The van der Waals surface area contributed by atoms with Crippen molar-refractivity contribution in [3.05, 3.63) is 29.3 Å². The van der Waals surface area contributed by atoms with E-state index >= 15 is 0 Å². The Labute approximate surface area is 125 Å². The zero-order chi connectivity index (χ0) is 16.0. The first-order valence-corrected chi connectivity index (χ1v) is 7.97. The summed E-state index contributed by atoms with van der Waals surface area (Å²) in [4.78, 5) is 11.6. The van der Waals surface area contributed by atoms with Crippen molar-refractivity contribution < 1.29 is 17.9 Å². The van der Waals surface area contributed by atoms with Crippen molar-refractivity contribution in [2.24, 2.45) is 0 Å². The van der Waals surface area contributed by atoms with Gasteiger partial charge in [-0.25, -0.2) is 8.42 Å². The minimum absolute atomic E-state index is 0.0349. The van der Waals surface area contributed by atoms with Crippen LogP contribution in [0.25, 0.3) is 0 Å². The second-order valence-electron chi connectivity index (χ2n) is 4.33. The number of hydrogen-bond donors (Lipinski definition) is 0. The standard InChI is InChI=1S/C14H18N2O4S/c1-4-16(10-14(17)20-5-2)21(18,19)13-8-12(9-15)7-6-11(13)3/h6-8H,4-5,10H2,1-3H3. The number of benzene rings is 1. The van der Waals surface area contributed by atoms with Gasteiger partial charge in [-0.1, -0.05) is 13.0 Å². The summed E-state index contributed by atoms with van der Waals surface area (Å²) in [5.41, 5.74) is 0.780. The lowest BCUT2D eigenvalue weighted by atomic mass is 10.2. The smallest absolute Gasteiger partial charge is 0.321 e. The van der Waals surface area contributed by atoms with E-state index in [1.165, 1.54) is 6.07 Å². The number of carbonyl (C=O) groups is 1. The molecule has 0 bridgehead atoms. The van der Waals surface area contributed by atoms with Crippen LogP contribution in [-0.2, 0) is 19.6 Å². The first-order chi connectivity index (χ1) is 9.86. The normalized spacial score (nSPS) is 11.2. The molecule has 6 nitrogen and oxygen atoms in total. The molecule has 0 aliphatic carbocycles. The van der Waals surface area contributed by atoms with Gasteiger partial charge in [-0.15, -0.1) is 0 Å². The Morgan fingerprint density at radius 2 is 2.05 bits per heavy atom. The highest BCUT2D eigenvalue weighted by atomic mass is 32.2. The average Bonchev–Trinajstić information content (AvgIpc) is 2.45. The number of hydrogen-bond acceptors (Lipinski definition) is 5. The number of nitrogens with zero attached hydrogens (tertiary/aromatic N) is 2. The SMILES string of the molecule is CCOC(=O)CN(CC)S(=O)(=O)c1cc(C#N)ccc1C. The van der Waals surface area contributed by atoms with Crippen molar-refractivity contribution in [2.45, 2.75) is 25.7 Å². The summed E-state index contributed by atoms with van der Waals surface area (Å²) in [6.07, 6.45) is 0. The highest BCUT2D eigenvalue weighted by Crippen LogP contribution is 2.21. The van der Waals surface area contributed by atoms with E-state index in [0.29, 0.717) is 5.56 Å². The Bertz CT molecular complexity index is 662. The van der Waals surface area contributed by atoms with Gasteiger partial charge in [-0.2, -0.15) is 9.57 Å². The topological polar surface area (TPSA) is 87.5 Å². The number of carbonyl (C=O) groups excluding carboxylic acids is 1. The van der Waals surface area contributed by atoms with Crippen LogP contribution in [0.2, 0.25) is 0 Å². The summed E-state index contributed by atoms with van der Waals surface area (Å²) in [6, 6.07) is 6.35. The number of nitriles is 1. The highest BCUT2D eigenvalue weighted by Gasteiger charge is 2.27. The van der Waals surface area contributed by atoms with E-state index < -0.39 is 16.0 Å². The molecule has 0 fully saturated rings. The zero-order valence-corrected chi connectivity index (χ0v) is 13.1. The van der Waals surface area contributed by atoms with Crippen LogP contribution in [0.1, 0.15) is 25.0 Å². The van der Waals surface area contributed by atoms with E-state index in [4.69, 9.17) is 10.00 Å². The fourth-order valence-corrected chi connectivity index (χ4v) is 3.45. The van der Waals surface area contributed by atoms with Gasteiger partial charge in [0.2, 0.25) is 10.0 Å². The fourth-order valence-electron chi connectivity index (χ4n) is 1.80. The van der Waals surface area contributed by atoms with E-state index in [1.54, 1.807) is 32.9 Å². The molecule has 0 saturated heterocycles. The Balaban J connectivity index is 3.19. The van der Waals surface area contributed by atoms with Crippen LogP contribution in [0.5, 0.6) is 0 Å². The Hall–Kier alpha value is -1.91. The van der Waals surface area contributed by atoms with E-state index in [9.17, 15) is 13.2 Å². The third-order valence-electron chi connectivity index (χ3n) is 2.90. The molecular formula is C14H18N2O4S. The quantitative estimate of drug-likeness (QED) is 0.742. The molecule has 1 rings (SSSR count). The largest absolute Gasteiger partial charge is 0.465 e. The minimum atomic E-state index is -3.85. The van der Waals surface area contributed by atoms with Crippen LogP contribution in [0, 0.1) is 18.3 Å². The van der Waals surface area contributed by atoms with Crippen molar-refractivity contribution in [1.82, 2.24) is 4.31 Å². The van der Waals surface area contributed by atoms with Crippen molar-refractivity contribution in [3.63, 3.8) is 0 Å². The molecule has 0 N–H and O–H groups in total. The molecular weight excluding hydrogens is 292 g/mol. The molecule has 0 aliphatic heterocycles. The summed E-state index contributed by atoms with van der Waals surface area (Å²) >= 11 is 0. The van der Waals surface area contributed by atoms with Crippen LogP contribution in [0.4, 0.5) is 0 Å². The van der Waals surface area contributed by atoms with Gasteiger partial charge in [0.15, 0.2) is 0 Å². The van der Waals surface area contributed by atoms with Gasteiger partial charge in [0.1, 0.15) is 6.54 Å². The Morgan fingerprint density at radius 3 is 2.57 bits per heavy atom. The molecule has 0 saturated carbocycles. The predicted molar refractivity (Wildman–Crippen MR) is 77.0 cm³/mol. The molecule has 0 radical (unpaired) electrons. The number of esters is 1. The van der Waals surface area contributed by atoms with Gasteiger partial charge in [0, 0.05) is 6.54 Å². The first-order valence-electron chi connectivity index (χ1n) is 6.53. The van der Waals surface area contributed by atoms with Gasteiger partial charge in [-0.05, 0) is 31.5 Å². The van der Waals surface area contributed by atoms with Crippen molar-refractivity contribution in [2.75, 3.05) is 19.7 Å². The summed E-state index contributed by atoms with van der Waals surface area (Å²) in [5, 5.41) is 8.90. The highest BCUT2D eigenvalue weighted by molar-refractivity contribution is 7.89. The molecule has 0 heterocycles. The molecule has 0 aliphatic rings. The maximum Gasteiger partial charge on any atom is 0.321 e. The molecule has 0 unspecified atom stereocenters. The number of aryl methyl sites for hydroxylation is 1. The van der Waals surface area contributed by atoms with E-state index in [2.05, 4.69) is 0 Å². The first kappa shape index (κ1) is 17.1. The second-order valence-corrected chi connectivity index (χ2v) is 6.23. The summed E-state index contributed by atoms with van der Waals surface area (Å²) in [6.45, 7) is 4.93. The fraction of sp³-hybridized carbons (Fsp3) is 0.429. The number of sulfonamides is 1. The number of likely N-dealkylation sites (N-methyl/N-ethyl adjacent to an activating group) is 1. The van der Waals surface area contributed by atoms with Gasteiger partial charge < -0.3 is 4.74 Å². The molecule has 7 heteroatoms. The van der Waals surface area contributed by atoms with Crippen molar-refractivity contribution >= 4 is 16.0 Å². The van der Waals surface area contributed by atoms with E-state index in [0.717, 1.165) is 4.31 Å². The molecule has 21 heavy (non-hydrogen) atoms. The van der Waals surface area contributed by atoms with Crippen LogP contribution in [-0.4, -0.2) is 38.4 Å². The molecule has 0 spiro atoms. The molecule has 1 aromatic carbocycles. The zero-order valence-electron chi connectivity index (χ0n) is 12.3. The Morgan fingerprint density at radius 1 is 1.38 bits per heavy atom. The van der Waals surface area contributed by atoms with Crippen molar-refractivity contribution in [1.29, 1.82) is 5.26 Å². The van der Waals surface area contributed by atoms with Crippen molar-refractivity contribution in [3.8, 4) is 6.07 Å². The maximum absolute atomic E-state index is 12.6. The third kappa shape index (κ3) is 4.03. The number of ether oxygens (including phenoxy) is 1. The lowest BCUT2D eigenvalue weighted by molar-refractivity contribution is -0.143. The molecule has 114 valence electrons. The van der Waals surface area contributed by atoms with Crippen LogP contribution in [0.15, 0.2) is 23.1 Å². The van der Waals surface area contributed by atoms with E-state index in [-0.39, 0.29) is 30.2 Å². The van der Waals surface area contributed by atoms with Gasteiger partial charge in [-0.3, -0.25) is 4.79 Å². The average molecular weight is 310 g/mol. The maximum atomic E-state index is 12.6. The third-order valence-corrected chi connectivity index (χ3v) is 4.96. The van der Waals surface area contributed by atoms with Crippen LogP contribution < -0.4 is 0 Å². The molecule has 0 amide bonds. The minimum Gasteiger partial charge on any atom is -0.465 e. The lowest BCUT2D eigenvalue weighted by Gasteiger charge is -2.20. The summed E-state index contributed by atoms with van der Waals surface area (Å²) < 4.78 is 31.0. The van der Waals surface area contributed by atoms with E-state index in [1.807, 2.05) is 6.07 Å². The second kappa shape index (κ2) is 7.20. The van der Waals surface area contributed by atoms with Gasteiger partial charge >= 0.3 is 5.97 Å². The lowest BCUT2D eigenvalue weighted by Crippen LogP contribution is -2.36. The Kier molecular flexibility index (Phi) is 5.88. The van der Waals surface area contributed by atoms with Crippen LogP contribution >= 0.6 is 0 Å². The van der Waals surface area contributed by atoms with Gasteiger partial charge in [0.05, 0.1) is 23.1 Å². The number of rotatable bonds is 6. The van der Waals surface area contributed by atoms with Crippen LogP contribution in [0.3, 0.4) is 0 Å². The monoisotopic (exact) mass is 310 g/mol.